The lowest BCUT2D eigenvalue weighted by molar-refractivity contribution is -0.119. The molecule has 1 aliphatic rings. The zero-order valence-corrected chi connectivity index (χ0v) is 12.0. The summed E-state index contributed by atoms with van der Waals surface area (Å²) in [5.74, 6) is 0.200. The minimum Gasteiger partial charge on any atom is -0.343 e. The lowest BCUT2D eigenvalue weighted by atomic mass is 10.0. The Hall–Kier alpha value is -1.68. The smallest absolute Gasteiger partial charge is 0.209 e. The second-order valence-corrected chi connectivity index (χ2v) is 5.21. The Morgan fingerprint density at radius 2 is 1.80 bits per heavy atom. The van der Waals surface area contributed by atoms with Gasteiger partial charge in [-0.1, -0.05) is 31.2 Å². The van der Waals surface area contributed by atoms with Crippen LogP contribution in [0.3, 0.4) is 0 Å². The van der Waals surface area contributed by atoms with E-state index in [0.717, 1.165) is 51.1 Å². The summed E-state index contributed by atoms with van der Waals surface area (Å²) in [6.45, 7) is 6.14. The third-order valence-electron chi connectivity index (χ3n) is 3.90. The van der Waals surface area contributed by atoms with E-state index in [0.29, 0.717) is 6.42 Å². The van der Waals surface area contributed by atoms with Crippen molar-refractivity contribution in [2.75, 3.05) is 32.7 Å². The number of piperazine rings is 1. The molecule has 0 saturated carbocycles. The van der Waals surface area contributed by atoms with E-state index in [9.17, 15) is 9.59 Å². The maximum atomic E-state index is 12.1. The molecule has 1 aliphatic heterocycles. The van der Waals surface area contributed by atoms with Crippen molar-refractivity contribution in [2.24, 2.45) is 0 Å². The molecule has 2 rings (SSSR count). The van der Waals surface area contributed by atoms with E-state index in [4.69, 9.17) is 0 Å². The molecule has 1 aromatic carbocycles. The maximum Gasteiger partial charge on any atom is 0.209 e. The van der Waals surface area contributed by atoms with Crippen LogP contribution in [-0.4, -0.2) is 54.7 Å². The quantitative estimate of drug-likeness (QED) is 0.584. The molecule has 0 atom stereocenters. The SMILES string of the molecule is CCc1ccc(C(=O)CCN2CCN(C=O)CC2)cc1. The van der Waals surface area contributed by atoms with Crippen LogP contribution >= 0.6 is 0 Å². The number of ketones is 1. The van der Waals surface area contributed by atoms with Gasteiger partial charge >= 0.3 is 0 Å². The Bertz CT molecular complexity index is 448. The van der Waals surface area contributed by atoms with Crippen LogP contribution in [0.5, 0.6) is 0 Å². The molecule has 4 heteroatoms. The Balaban J connectivity index is 1.78. The van der Waals surface area contributed by atoms with Gasteiger partial charge in [0.05, 0.1) is 0 Å². The number of nitrogens with zero attached hydrogens (tertiary/aromatic N) is 2. The summed E-state index contributed by atoms with van der Waals surface area (Å²) >= 11 is 0. The third-order valence-corrected chi connectivity index (χ3v) is 3.90. The molecule has 0 aliphatic carbocycles. The summed E-state index contributed by atoms with van der Waals surface area (Å²) in [4.78, 5) is 26.8. The number of carbonyl (C=O) groups is 2. The molecule has 20 heavy (non-hydrogen) atoms. The summed E-state index contributed by atoms with van der Waals surface area (Å²) in [7, 11) is 0. The normalized spacial score (nSPS) is 16.1. The predicted molar refractivity (Wildman–Crippen MR) is 78.8 cm³/mol. The predicted octanol–water partition coefficient (Wildman–Crippen LogP) is 1.60. The van der Waals surface area contributed by atoms with Gasteiger partial charge in [-0.05, 0) is 12.0 Å². The molecule has 1 fully saturated rings. The van der Waals surface area contributed by atoms with E-state index >= 15 is 0 Å². The summed E-state index contributed by atoms with van der Waals surface area (Å²) in [6.07, 6.45) is 2.44. The van der Waals surface area contributed by atoms with Gasteiger partial charge < -0.3 is 4.90 Å². The van der Waals surface area contributed by atoms with Crippen LogP contribution in [0.2, 0.25) is 0 Å². The van der Waals surface area contributed by atoms with Crippen molar-refractivity contribution in [3.05, 3.63) is 35.4 Å². The van der Waals surface area contributed by atoms with Crippen LogP contribution in [0.25, 0.3) is 0 Å². The largest absolute Gasteiger partial charge is 0.343 e. The van der Waals surface area contributed by atoms with Crippen LogP contribution in [0.4, 0.5) is 0 Å². The van der Waals surface area contributed by atoms with Crippen LogP contribution in [-0.2, 0) is 11.2 Å². The first-order valence-corrected chi connectivity index (χ1v) is 7.26. The molecular weight excluding hydrogens is 252 g/mol. The van der Waals surface area contributed by atoms with Gasteiger partial charge in [-0.3, -0.25) is 14.5 Å². The highest BCUT2D eigenvalue weighted by molar-refractivity contribution is 5.96. The van der Waals surface area contributed by atoms with Crippen molar-refractivity contribution in [1.82, 2.24) is 9.80 Å². The van der Waals surface area contributed by atoms with Crippen LogP contribution in [0.15, 0.2) is 24.3 Å². The number of aryl methyl sites for hydroxylation is 1. The Morgan fingerprint density at radius 3 is 2.35 bits per heavy atom. The van der Waals surface area contributed by atoms with Crippen LogP contribution < -0.4 is 0 Å². The van der Waals surface area contributed by atoms with Crippen LogP contribution in [0.1, 0.15) is 29.3 Å². The van der Waals surface area contributed by atoms with Gasteiger partial charge in [0.1, 0.15) is 0 Å². The van der Waals surface area contributed by atoms with Gasteiger partial charge in [0.15, 0.2) is 5.78 Å². The van der Waals surface area contributed by atoms with Gasteiger partial charge in [-0.25, -0.2) is 0 Å². The molecule has 0 aromatic heterocycles. The van der Waals surface area contributed by atoms with Gasteiger partial charge in [-0.15, -0.1) is 0 Å². The summed E-state index contributed by atoms with van der Waals surface area (Å²) in [5.41, 5.74) is 2.06. The molecule has 0 unspecified atom stereocenters. The number of Topliss-reactive ketones (excluding diaryl/α,β-unsaturated/α-hetero) is 1. The summed E-state index contributed by atoms with van der Waals surface area (Å²) in [5, 5.41) is 0. The number of hydrogen-bond acceptors (Lipinski definition) is 3. The van der Waals surface area contributed by atoms with E-state index in [1.165, 1.54) is 5.56 Å². The highest BCUT2D eigenvalue weighted by atomic mass is 16.1. The first-order valence-electron chi connectivity index (χ1n) is 7.26. The molecule has 0 radical (unpaired) electrons. The lowest BCUT2D eigenvalue weighted by Crippen LogP contribution is -2.46. The molecular formula is C16H22N2O2. The zero-order chi connectivity index (χ0) is 14.4. The molecule has 1 saturated heterocycles. The Morgan fingerprint density at radius 1 is 1.15 bits per heavy atom. The van der Waals surface area contributed by atoms with Crippen LogP contribution in [0, 0.1) is 0 Å². The summed E-state index contributed by atoms with van der Waals surface area (Å²) in [6, 6.07) is 7.89. The monoisotopic (exact) mass is 274 g/mol. The second kappa shape index (κ2) is 7.20. The summed E-state index contributed by atoms with van der Waals surface area (Å²) < 4.78 is 0. The van der Waals surface area contributed by atoms with E-state index in [-0.39, 0.29) is 5.78 Å². The topological polar surface area (TPSA) is 40.6 Å². The molecule has 4 nitrogen and oxygen atoms in total. The van der Waals surface area contributed by atoms with Crippen molar-refractivity contribution in [2.45, 2.75) is 19.8 Å². The average molecular weight is 274 g/mol. The highest BCUT2D eigenvalue weighted by Crippen LogP contribution is 2.09. The van der Waals surface area contributed by atoms with Crippen molar-refractivity contribution in [3.8, 4) is 0 Å². The standard InChI is InChI=1S/C16H22N2O2/c1-2-14-3-5-15(6-4-14)16(20)7-8-17-9-11-18(13-19)12-10-17/h3-6,13H,2,7-12H2,1H3. The highest BCUT2D eigenvalue weighted by Gasteiger charge is 2.16. The lowest BCUT2D eigenvalue weighted by Gasteiger charge is -2.32. The number of rotatable bonds is 6. The van der Waals surface area contributed by atoms with E-state index in [1.54, 1.807) is 4.90 Å². The first-order chi connectivity index (χ1) is 9.72. The molecule has 0 N–H and O–H groups in total. The number of benzene rings is 1. The fourth-order valence-electron chi connectivity index (χ4n) is 2.42. The minimum absolute atomic E-state index is 0.200. The molecule has 1 heterocycles. The molecule has 108 valence electrons. The average Bonchev–Trinajstić information content (AvgIpc) is 2.53. The van der Waals surface area contributed by atoms with E-state index in [1.807, 2.05) is 24.3 Å². The van der Waals surface area contributed by atoms with Crippen molar-refractivity contribution >= 4 is 12.2 Å². The van der Waals surface area contributed by atoms with Gasteiger partial charge in [0.25, 0.3) is 0 Å². The molecule has 0 spiro atoms. The third kappa shape index (κ3) is 3.90. The first kappa shape index (κ1) is 14.7. The van der Waals surface area contributed by atoms with Gasteiger partial charge in [0.2, 0.25) is 6.41 Å². The zero-order valence-electron chi connectivity index (χ0n) is 12.0. The Kier molecular flexibility index (Phi) is 5.30. The molecule has 0 bridgehead atoms. The molecule has 1 aromatic rings. The maximum absolute atomic E-state index is 12.1. The molecule has 1 amide bonds. The number of carbonyl (C=O) groups excluding carboxylic acids is 2. The van der Waals surface area contributed by atoms with E-state index < -0.39 is 0 Å². The van der Waals surface area contributed by atoms with Gasteiger partial charge in [-0.2, -0.15) is 0 Å². The second-order valence-electron chi connectivity index (χ2n) is 5.21. The van der Waals surface area contributed by atoms with Crippen molar-refractivity contribution in [3.63, 3.8) is 0 Å². The number of hydrogen-bond donors (Lipinski definition) is 0. The van der Waals surface area contributed by atoms with Gasteiger partial charge in [0, 0.05) is 44.7 Å². The van der Waals surface area contributed by atoms with E-state index in [2.05, 4.69) is 11.8 Å². The fraction of sp³-hybridized carbons (Fsp3) is 0.500. The minimum atomic E-state index is 0.200. The van der Waals surface area contributed by atoms with Crippen molar-refractivity contribution in [1.29, 1.82) is 0 Å². The number of amides is 1. The van der Waals surface area contributed by atoms with Crippen molar-refractivity contribution < 1.29 is 9.59 Å². The Labute approximate surface area is 120 Å². The fourth-order valence-corrected chi connectivity index (χ4v) is 2.42.